The monoisotopic (exact) mass is 450 g/mol. The summed E-state index contributed by atoms with van der Waals surface area (Å²) in [6.07, 6.45) is -5.89. The first-order chi connectivity index (χ1) is 15.1. The van der Waals surface area contributed by atoms with Crippen molar-refractivity contribution in [2.45, 2.75) is 32.9 Å². The molecule has 7 nitrogen and oxygen atoms in total. The molecule has 0 spiro atoms. The average molecular weight is 450 g/mol. The summed E-state index contributed by atoms with van der Waals surface area (Å²) in [4.78, 5) is 12.3. The summed E-state index contributed by atoms with van der Waals surface area (Å²) in [6, 6.07) is 11.2. The normalized spacial score (nSPS) is 12.3. The van der Waals surface area contributed by atoms with Crippen molar-refractivity contribution in [3.05, 3.63) is 76.7 Å². The summed E-state index contributed by atoms with van der Waals surface area (Å²) < 4.78 is 51.2. The summed E-state index contributed by atoms with van der Waals surface area (Å²) in [5, 5.41) is 16.6. The number of carbonyl (C=O) groups excluding carboxylic acids is 1. The Hall–Kier alpha value is -3.53. The smallest absolute Gasteiger partial charge is 0.489 e. The number of ether oxygens (including phenoxy) is 2. The van der Waals surface area contributed by atoms with Crippen molar-refractivity contribution in [3.8, 4) is 11.5 Å². The minimum atomic E-state index is -4.79. The number of nitrogens with zero attached hydrogens (tertiary/aromatic N) is 1. The lowest BCUT2D eigenvalue weighted by Gasteiger charge is -2.14. The molecule has 1 unspecified atom stereocenters. The summed E-state index contributed by atoms with van der Waals surface area (Å²) in [5.74, 6) is 0.426. The van der Waals surface area contributed by atoms with E-state index in [0.717, 1.165) is 23.4 Å². The highest BCUT2D eigenvalue weighted by atomic mass is 19.4. The number of hydrogen-bond donors (Lipinski definition) is 2. The zero-order valence-electron chi connectivity index (χ0n) is 17.3. The highest BCUT2D eigenvalue weighted by molar-refractivity contribution is 5.94. The summed E-state index contributed by atoms with van der Waals surface area (Å²) in [6.45, 7) is 3.78. The van der Waals surface area contributed by atoms with Crippen LogP contribution >= 0.6 is 0 Å². The van der Waals surface area contributed by atoms with Crippen LogP contribution in [-0.2, 0) is 6.61 Å². The third-order valence-corrected chi connectivity index (χ3v) is 4.64. The molecule has 3 rings (SSSR count). The van der Waals surface area contributed by atoms with Crippen molar-refractivity contribution >= 4 is 5.91 Å². The van der Waals surface area contributed by atoms with Crippen LogP contribution in [0.4, 0.5) is 13.2 Å². The number of benzene rings is 2. The first kappa shape index (κ1) is 23.1. The second-order valence-electron chi connectivity index (χ2n) is 6.96. The van der Waals surface area contributed by atoms with Gasteiger partial charge in [-0.15, -0.1) is 13.2 Å². The van der Waals surface area contributed by atoms with E-state index in [-0.39, 0.29) is 13.2 Å². The lowest BCUT2D eigenvalue weighted by molar-refractivity contribution is -0.274. The molecule has 0 radical (unpaired) electrons. The maximum Gasteiger partial charge on any atom is 0.573 e. The van der Waals surface area contributed by atoms with Gasteiger partial charge in [0.2, 0.25) is 0 Å². The minimum Gasteiger partial charge on any atom is -0.489 e. The van der Waals surface area contributed by atoms with Crippen LogP contribution in [-0.4, -0.2) is 29.1 Å². The molecule has 3 aromatic rings. The maximum absolute atomic E-state index is 12.3. The molecule has 0 bridgehead atoms. The number of aliphatic hydroxyl groups is 1. The zero-order valence-corrected chi connectivity index (χ0v) is 17.3. The van der Waals surface area contributed by atoms with Gasteiger partial charge in [-0.3, -0.25) is 4.79 Å². The molecular formula is C22H21F3N2O5. The summed E-state index contributed by atoms with van der Waals surface area (Å²) in [7, 11) is 0. The SMILES string of the molecule is Cc1noc(C)c1COc1ccc(C(=O)NCC(O)c2ccc(OC(F)(F)F)cc2)cc1. The van der Waals surface area contributed by atoms with Gasteiger partial charge in [-0.2, -0.15) is 0 Å². The Labute approximate surface area is 181 Å². The first-order valence-electron chi connectivity index (χ1n) is 9.59. The second kappa shape index (κ2) is 9.73. The topological polar surface area (TPSA) is 93.8 Å². The molecule has 1 amide bonds. The third-order valence-electron chi connectivity index (χ3n) is 4.64. The van der Waals surface area contributed by atoms with Crippen molar-refractivity contribution in [1.82, 2.24) is 10.5 Å². The van der Waals surface area contributed by atoms with E-state index in [1.807, 2.05) is 6.92 Å². The van der Waals surface area contributed by atoms with Gasteiger partial charge in [0, 0.05) is 12.1 Å². The molecule has 2 N–H and O–H groups in total. The Kier molecular flexibility index (Phi) is 7.04. The highest BCUT2D eigenvalue weighted by Crippen LogP contribution is 2.24. The van der Waals surface area contributed by atoms with E-state index in [1.54, 1.807) is 31.2 Å². The van der Waals surface area contributed by atoms with Crippen molar-refractivity contribution < 1.29 is 37.1 Å². The van der Waals surface area contributed by atoms with Crippen LogP contribution in [0.15, 0.2) is 53.1 Å². The largest absolute Gasteiger partial charge is 0.573 e. The fourth-order valence-corrected chi connectivity index (χ4v) is 2.87. The van der Waals surface area contributed by atoms with Crippen LogP contribution in [0.3, 0.4) is 0 Å². The van der Waals surface area contributed by atoms with Gasteiger partial charge in [0.15, 0.2) is 0 Å². The van der Waals surface area contributed by atoms with E-state index in [2.05, 4.69) is 15.2 Å². The van der Waals surface area contributed by atoms with Crippen LogP contribution in [0.25, 0.3) is 0 Å². The Morgan fingerprint density at radius 2 is 1.72 bits per heavy atom. The highest BCUT2D eigenvalue weighted by Gasteiger charge is 2.31. The van der Waals surface area contributed by atoms with Gasteiger partial charge in [-0.25, -0.2) is 0 Å². The Morgan fingerprint density at radius 1 is 1.09 bits per heavy atom. The Balaban J connectivity index is 1.50. The van der Waals surface area contributed by atoms with Gasteiger partial charge in [0.25, 0.3) is 5.91 Å². The number of aromatic nitrogens is 1. The van der Waals surface area contributed by atoms with E-state index >= 15 is 0 Å². The molecule has 0 aliphatic rings. The van der Waals surface area contributed by atoms with Crippen LogP contribution in [0.1, 0.15) is 39.0 Å². The number of nitrogens with one attached hydrogen (secondary N) is 1. The van der Waals surface area contributed by atoms with Crippen LogP contribution < -0.4 is 14.8 Å². The Morgan fingerprint density at radius 3 is 2.28 bits per heavy atom. The lowest BCUT2D eigenvalue weighted by atomic mass is 10.1. The maximum atomic E-state index is 12.3. The van der Waals surface area contributed by atoms with E-state index in [1.165, 1.54) is 12.1 Å². The molecule has 0 fully saturated rings. The first-order valence-corrected chi connectivity index (χ1v) is 9.59. The molecule has 0 saturated heterocycles. The van der Waals surface area contributed by atoms with Crippen molar-refractivity contribution in [2.24, 2.45) is 0 Å². The average Bonchev–Trinajstić information content (AvgIpc) is 3.07. The molecule has 0 saturated carbocycles. The van der Waals surface area contributed by atoms with E-state index in [0.29, 0.717) is 22.6 Å². The molecule has 32 heavy (non-hydrogen) atoms. The van der Waals surface area contributed by atoms with Crippen LogP contribution in [0.5, 0.6) is 11.5 Å². The molecule has 10 heteroatoms. The molecule has 170 valence electrons. The predicted octanol–water partition coefficient (Wildman–Crippen LogP) is 4.23. The molecular weight excluding hydrogens is 429 g/mol. The van der Waals surface area contributed by atoms with Crippen molar-refractivity contribution in [2.75, 3.05) is 6.54 Å². The molecule has 0 aliphatic carbocycles. The number of alkyl halides is 3. The number of amides is 1. The van der Waals surface area contributed by atoms with E-state index in [9.17, 15) is 23.1 Å². The molecule has 1 aromatic heterocycles. The quantitative estimate of drug-likeness (QED) is 0.534. The molecule has 1 heterocycles. The van der Waals surface area contributed by atoms with Crippen molar-refractivity contribution in [3.63, 3.8) is 0 Å². The fourth-order valence-electron chi connectivity index (χ4n) is 2.87. The van der Waals surface area contributed by atoms with Gasteiger partial charge in [-0.1, -0.05) is 17.3 Å². The molecule has 2 aromatic carbocycles. The second-order valence-corrected chi connectivity index (χ2v) is 6.96. The molecule has 0 aliphatic heterocycles. The van der Waals surface area contributed by atoms with E-state index in [4.69, 9.17) is 9.26 Å². The predicted molar refractivity (Wildman–Crippen MR) is 107 cm³/mol. The van der Waals surface area contributed by atoms with Crippen LogP contribution in [0.2, 0.25) is 0 Å². The van der Waals surface area contributed by atoms with Gasteiger partial charge < -0.3 is 24.4 Å². The number of hydrogen-bond acceptors (Lipinski definition) is 6. The number of carbonyl (C=O) groups is 1. The lowest BCUT2D eigenvalue weighted by Crippen LogP contribution is -2.28. The number of rotatable bonds is 8. The van der Waals surface area contributed by atoms with Gasteiger partial charge in [-0.05, 0) is 55.8 Å². The number of halogens is 3. The van der Waals surface area contributed by atoms with Gasteiger partial charge in [0.1, 0.15) is 23.9 Å². The molecule has 1 atom stereocenters. The summed E-state index contributed by atoms with van der Waals surface area (Å²) >= 11 is 0. The van der Waals surface area contributed by atoms with Gasteiger partial charge in [0.05, 0.1) is 17.4 Å². The van der Waals surface area contributed by atoms with Crippen molar-refractivity contribution in [1.29, 1.82) is 0 Å². The van der Waals surface area contributed by atoms with Gasteiger partial charge >= 0.3 is 6.36 Å². The standard InChI is InChI=1S/C22H21F3N2O5/c1-13-19(14(2)32-27-13)12-30-17-7-5-16(6-8-17)21(29)26-11-20(28)15-3-9-18(10-4-15)31-22(23,24)25/h3-10,20,28H,11-12H2,1-2H3,(H,26,29). The zero-order chi connectivity index (χ0) is 23.3. The van der Waals surface area contributed by atoms with E-state index < -0.39 is 24.1 Å². The number of aliphatic hydroxyl groups excluding tert-OH is 1. The third kappa shape index (κ3) is 6.24. The Bertz CT molecular complexity index is 1030. The van der Waals surface area contributed by atoms with Crippen LogP contribution in [0, 0.1) is 13.8 Å². The fraction of sp³-hybridized carbons (Fsp3) is 0.273. The summed E-state index contributed by atoms with van der Waals surface area (Å²) in [5.41, 5.74) is 2.30. The number of aryl methyl sites for hydroxylation is 2. The minimum absolute atomic E-state index is 0.122.